The van der Waals surface area contributed by atoms with E-state index in [4.69, 9.17) is 0 Å². The van der Waals surface area contributed by atoms with Gasteiger partial charge in [0.15, 0.2) is 0 Å². The van der Waals surface area contributed by atoms with Gasteiger partial charge < -0.3 is 0 Å². The molecule has 0 spiro atoms. The van der Waals surface area contributed by atoms with Crippen LogP contribution in [0.25, 0.3) is 0 Å². The van der Waals surface area contributed by atoms with Gasteiger partial charge in [-0.2, -0.15) is 0 Å². The highest BCUT2D eigenvalue weighted by atomic mass is 16.1. The molecule has 0 saturated heterocycles. The van der Waals surface area contributed by atoms with Crippen molar-refractivity contribution in [1.82, 2.24) is 0 Å². The lowest BCUT2D eigenvalue weighted by molar-refractivity contribution is -0.141. The molecule has 0 aromatic rings. The number of carbonyl (C=O) groups is 1. The number of rotatable bonds is 3. The molecule has 0 aliphatic heterocycles. The van der Waals surface area contributed by atoms with Crippen LogP contribution < -0.4 is 0 Å². The minimum absolute atomic E-state index is 0.445. The lowest BCUT2D eigenvalue weighted by Gasteiger charge is -2.54. The molecule has 1 heteroatoms. The highest BCUT2D eigenvalue weighted by Crippen LogP contribution is 2.57. The Kier molecular flexibility index (Phi) is 3.43. The zero-order valence-corrected chi connectivity index (χ0v) is 13.0. The molecule has 0 aromatic heterocycles. The van der Waals surface area contributed by atoms with Crippen LogP contribution in [0.4, 0.5) is 0 Å². The zero-order valence-electron chi connectivity index (χ0n) is 13.0. The molecule has 5 fully saturated rings. The van der Waals surface area contributed by atoms with Gasteiger partial charge in [0, 0.05) is 11.8 Å². The van der Waals surface area contributed by atoms with E-state index in [1.165, 1.54) is 64.2 Å². The van der Waals surface area contributed by atoms with Crippen LogP contribution in [0.5, 0.6) is 0 Å². The third-order valence-corrected chi connectivity index (χ3v) is 7.38. The summed E-state index contributed by atoms with van der Waals surface area (Å²) in [5, 5.41) is 0. The first-order valence-corrected chi connectivity index (χ1v) is 9.28. The Hall–Kier alpha value is -0.330. The minimum Gasteiger partial charge on any atom is -0.299 e. The third kappa shape index (κ3) is 2.16. The van der Waals surface area contributed by atoms with Crippen LogP contribution >= 0.6 is 0 Å². The van der Waals surface area contributed by atoms with Gasteiger partial charge >= 0.3 is 0 Å². The average Bonchev–Trinajstić information content (AvgIpc) is 2.46. The second-order valence-corrected chi connectivity index (χ2v) is 8.48. The van der Waals surface area contributed by atoms with Crippen molar-refractivity contribution in [3.05, 3.63) is 0 Å². The van der Waals surface area contributed by atoms with Crippen LogP contribution in [0.2, 0.25) is 0 Å². The molecule has 0 aromatic carbocycles. The predicted molar refractivity (Wildman–Crippen MR) is 81.3 cm³/mol. The van der Waals surface area contributed by atoms with Crippen molar-refractivity contribution in [3.63, 3.8) is 0 Å². The Morgan fingerprint density at radius 1 is 0.850 bits per heavy atom. The Morgan fingerprint density at radius 3 is 1.90 bits per heavy atom. The first-order valence-electron chi connectivity index (χ1n) is 9.28. The maximum absolute atomic E-state index is 13.1. The summed E-state index contributed by atoms with van der Waals surface area (Å²) in [5.74, 6) is 6.15. The summed E-state index contributed by atoms with van der Waals surface area (Å²) in [4.78, 5) is 13.1. The van der Waals surface area contributed by atoms with Crippen molar-refractivity contribution in [2.75, 3.05) is 0 Å². The molecule has 0 amide bonds. The molecule has 4 bridgehead atoms. The van der Waals surface area contributed by atoms with Crippen molar-refractivity contribution in [1.29, 1.82) is 0 Å². The van der Waals surface area contributed by atoms with Gasteiger partial charge in [0.05, 0.1) is 0 Å². The second kappa shape index (κ2) is 5.14. The van der Waals surface area contributed by atoms with Crippen LogP contribution in [0.1, 0.15) is 71.1 Å². The molecular formula is C19H30O. The lowest BCUT2D eigenvalue weighted by Crippen LogP contribution is -2.49. The summed E-state index contributed by atoms with van der Waals surface area (Å²) in [6.45, 7) is 2.31. The Morgan fingerprint density at radius 2 is 1.40 bits per heavy atom. The molecule has 5 aliphatic rings. The number of hydrogen-bond acceptors (Lipinski definition) is 1. The Bertz CT molecular complexity index is 349. The standard InChI is InChI=1S/C19H30O/c1-2-12-3-5-15(6-4-12)19(20)18-16-8-13-7-14(10-16)11-17(18)9-13/h12-18H,2-11H2,1H3. The van der Waals surface area contributed by atoms with Gasteiger partial charge in [0.25, 0.3) is 0 Å². The number of Topliss-reactive ketones (excluding diaryl/α,β-unsaturated/α-hetero) is 1. The summed E-state index contributed by atoms with van der Waals surface area (Å²) < 4.78 is 0. The third-order valence-electron chi connectivity index (χ3n) is 7.38. The Labute approximate surface area is 123 Å². The monoisotopic (exact) mass is 274 g/mol. The van der Waals surface area contributed by atoms with Crippen LogP contribution in [0.15, 0.2) is 0 Å². The number of hydrogen-bond donors (Lipinski definition) is 0. The van der Waals surface area contributed by atoms with Crippen LogP contribution in [-0.2, 0) is 4.79 Å². The van der Waals surface area contributed by atoms with E-state index in [-0.39, 0.29) is 0 Å². The summed E-state index contributed by atoms with van der Waals surface area (Å²) in [7, 11) is 0. The van der Waals surface area contributed by atoms with Crippen LogP contribution in [0, 0.1) is 41.4 Å². The quantitative estimate of drug-likeness (QED) is 0.719. The van der Waals surface area contributed by atoms with Crippen LogP contribution in [-0.4, -0.2) is 5.78 Å². The van der Waals surface area contributed by atoms with Gasteiger partial charge in [-0.15, -0.1) is 0 Å². The normalized spacial score (nSPS) is 50.4. The van der Waals surface area contributed by atoms with Crippen molar-refractivity contribution in [2.24, 2.45) is 41.4 Å². The van der Waals surface area contributed by atoms with E-state index in [0.717, 1.165) is 29.6 Å². The van der Waals surface area contributed by atoms with Gasteiger partial charge in [-0.3, -0.25) is 4.79 Å². The number of carbonyl (C=O) groups excluding carboxylic acids is 1. The maximum atomic E-state index is 13.1. The fourth-order valence-corrected chi connectivity index (χ4v) is 6.52. The largest absolute Gasteiger partial charge is 0.299 e. The van der Waals surface area contributed by atoms with Gasteiger partial charge in [0.2, 0.25) is 0 Å². The second-order valence-electron chi connectivity index (χ2n) is 8.48. The first kappa shape index (κ1) is 13.3. The number of ketones is 1. The molecule has 0 N–H and O–H groups in total. The van der Waals surface area contributed by atoms with E-state index in [2.05, 4.69) is 6.92 Å². The van der Waals surface area contributed by atoms with Gasteiger partial charge in [-0.25, -0.2) is 0 Å². The van der Waals surface area contributed by atoms with E-state index in [0.29, 0.717) is 17.6 Å². The molecule has 0 heterocycles. The van der Waals surface area contributed by atoms with Crippen molar-refractivity contribution in [3.8, 4) is 0 Å². The minimum atomic E-state index is 0.445. The molecule has 5 saturated carbocycles. The highest BCUT2D eigenvalue weighted by Gasteiger charge is 2.51. The van der Waals surface area contributed by atoms with Crippen molar-refractivity contribution in [2.45, 2.75) is 71.1 Å². The average molecular weight is 274 g/mol. The topological polar surface area (TPSA) is 17.1 Å². The Balaban J connectivity index is 1.44. The summed E-state index contributed by atoms with van der Waals surface area (Å²) in [6.07, 6.45) is 13.5. The smallest absolute Gasteiger partial charge is 0.139 e. The van der Waals surface area contributed by atoms with Gasteiger partial charge in [0.1, 0.15) is 5.78 Å². The summed E-state index contributed by atoms with van der Waals surface area (Å²) in [6, 6.07) is 0. The maximum Gasteiger partial charge on any atom is 0.139 e. The predicted octanol–water partition coefficient (Wildman–Crippen LogP) is 4.84. The van der Waals surface area contributed by atoms with E-state index in [9.17, 15) is 4.79 Å². The molecule has 112 valence electrons. The van der Waals surface area contributed by atoms with E-state index in [1.807, 2.05) is 0 Å². The summed E-state index contributed by atoms with van der Waals surface area (Å²) >= 11 is 0. The molecule has 0 radical (unpaired) electrons. The lowest BCUT2D eigenvalue weighted by atomic mass is 9.50. The first-order chi connectivity index (χ1) is 9.74. The van der Waals surface area contributed by atoms with E-state index in [1.54, 1.807) is 0 Å². The SMILES string of the molecule is CCC1CCC(C(=O)C2C3CC4CC(C3)CC2C4)CC1. The molecule has 1 nitrogen and oxygen atoms in total. The van der Waals surface area contributed by atoms with Crippen molar-refractivity contribution < 1.29 is 4.79 Å². The molecule has 5 aliphatic carbocycles. The summed E-state index contributed by atoms with van der Waals surface area (Å²) in [5.41, 5.74) is 0. The molecule has 0 unspecified atom stereocenters. The van der Waals surface area contributed by atoms with Gasteiger partial charge in [-0.05, 0) is 87.4 Å². The van der Waals surface area contributed by atoms with Crippen LogP contribution in [0.3, 0.4) is 0 Å². The molecule has 0 atom stereocenters. The van der Waals surface area contributed by atoms with E-state index >= 15 is 0 Å². The molecule has 5 rings (SSSR count). The molecule has 20 heavy (non-hydrogen) atoms. The van der Waals surface area contributed by atoms with Crippen molar-refractivity contribution >= 4 is 5.78 Å². The fourth-order valence-electron chi connectivity index (χ4n) is 6.52. The fraction of sp³-hybridized carbons (Fsp3) is 0.947. The highest BCUT2D eigenvalue weighted by molar-refractivity contribution is 5.84. The zero-order chi connectivity index (χ0) is 13.7. The molecular weight excluding hydrogens is 244 g/mol. The van der Waals surface area contributed by atoms with E-state index < -0.39 is 0 Å². The van der Waals surface area contributed by atoms with Gasteiger partial charge in [-0.1, -0.05) is 13.3 Å².